The van der Waals surface area contributed by atoms with Crippen molar-refractivity contribution in [2.45, 2.75) is 39.7 Å². The summed E-state index contributed by atoms with van der Waals surface area (Å²) in [6, 6.07) is 5.85. The molecule has 0 spiro atoms. The highest BCUT2D eigenvalue weighted by Gasteiger charge is 2.19. The van der Waals surface area contributed by atoms with Crippen LogP contribution in [0.3, 0.4) is 0 Å². The first kappa shape index (κ1) is 17.0. The molecule has 0 heterocycles. The van der Waals surface area contributed by atoms with Crippen LogP contribution in [0.1, 0.15) is 44.0 Å². The van der Waals surface area contributed by atoms with Gasteiger partial charge in [-0.1, -0.05) is 27.2 Å². The van der Waals surface area contributed by atoms with Crippen LogP contribution in [-0.2, 0) is 4.79 Å². The van der Waals surface area contributed by atoms with Gasteiger partial charge in [0, 0.05) is 5.56 Å². The topological polar surface area (TPSA) is 75.6 Å². The molecule has 0 aliphatic heterocycles. The normalized spacial score (nSPS) is 12.0. The summed E-state index contributed by atoms with van der Waals surface area (Å²) in [4.78, 5) is 23.0. The number of hydrogen-bond acceptors (Lipinski definition) is 3. The molecule has 1 rings (SSSR count). The molecule has 1 aromatic carbocycles. The fraction of sp³-hybridized carbons (Fsp3) is 0.500. The van der Waals surface area contributed by atoms with Crippen LogP contribution in [0, 0.1) is 5.92 Å². The number of nitrogens with one attached hydrogen (secondary N) is 1. The van der Waals surface area contributed by atoms with Crippen molar-refractivity contribution in [1.82, 2.24) is 5.32 Å². The lowest BCUT2D eigenvalue weighted by Gasteiger charge is -2.14. The SMILES string of the molecule is CCC[C@@H](NC(=O)c1ccc(OCC(C)C)cc1)C(=O)O. The largest absolute Gasteiger partial charge is 0.493 e. The van der Waals surface area contributed by atoms with Crippen LogP contribution in [0.15, 0.2) is 24.3 Å². The molecule has 21 heavy (non-hydrogen) atoms. The van der Waals surface area contributed by atoms with Gasteiger partial charge in [0.1, 0.15) is 11.8 Å². The van der Waals surface area contributed by atoms with Crippen molar-refractivity contribution in [3.05, 3.63) is 29.8 Å². The Morgan fingerprint density at radius 2 is 1.86 bits per heavy atom. The smallest absolute Gasteiger partial charge is 0.326 e. The summed E-state index contributed by atoms with van der Waals surface area (Å²) in [5.74, 6) is -0.268. The van der Waals surface area contributed by atoms with Crippen LogP contribution in [-0.4, -0.2) is 29.6 Å². The Hall–Kier alpha value is -2.04. The van der Waals surface area contributed by atoms with Gasteiger partial charge in [0.15, 0.2) is 0 Å². The molecule has 0 aromatic heterocycles. The van der Waals surface area contributed by atoms with E-state index in [1.807, 2.05) is 6.92 Å². The lowest BCUT2D eigenvalue weighted by atomic mass is 10.1. The molecule has 1 atom stereocenters. The summed E-state index contributed by atoms with van der Waals surface area (Å²) in [6.07, 6.45) is 1.11. The molecule has 2 N–H and O–H groups in total. The first-order valence-electron chi connectivity index (χ1n) is 7.20. The van der Waals surface area contributed by atoms with Gasteiger partial charge in [-0.3, -0.25) is 4.79 Å². The number of amides is 1. The third-order valence-electron chi connectivity index (χ3n) is 2.88. The van der Waals surface area contributed by atoms with E-state index in [1.54, 1.807) is 24.3 Å². The minimum absolute atomic E-state index is 0.383. The molecule has 0 saturated heterocycles. The van der Waals surface area contributed by atoms with Crippen LogP contribution < -0.4 is 10.1 Å². The Labute approximate surface area is 125 Å². The highest BCUT2D eigenvalue weighted by molar-refractivity contribution is 5.96. The van der Waals surface area contributed by atoms with Gasteiger partial charge >= 0.3 is 5.97 Å². The van der Waals surface area contributed by atoms with Crippen LogP contribution >= 0.6 is 0 Å². The van der Waals surface area contributed by atoms with Crippen LogP contribution in [0.25, 0.3) is 0 Å². The summed E-state index contributed by atoms with van der Waals surface area (Å²) in [7, 11) is 0. The van der Waals surface area contributed by atoms with Gasteiger partial charge in [0.2, 0.25) is 0 Å². The number of benzene rings is 1. The van der Waals surface area contributed by atoms with Gasteiger partial charge in [-0.2, -0.15) is 0 Å². The molecule has 0 aliphatic rings. The summed E-state index contributed by atoms with van der Waals surface area (Å²) in [6.45, 7) is 6.61. The van der Waals surface area contributed by atoms with Crippen molar-refractivity contribution < 1.29 is 19.4 Å². The second-order valence-corrected chi connectivity index (χ2v) is 5.38. The predicted octanol–water partition coefficient (Wildman–Crippen LogP) is 2.70. The highest BCUT2D eigenvalue weighted by Crippen LogP contribution is 2.13. The molecule has 1 aromatic rings. The number of carboxylic acids is 1. The molecule has 1 amide bonds. The van der Waals surface area contributed by atoms with E-state index in [9.17, 15) is 9.59 Å². The quantitative estimate of drug-likeness (QED) is 0.772. The first-order valence-corrected chi connectivity index (χ1v) is 7.20. The molecule has 5 nitrogen and oxygen atoms in total. The lowest BCUT2D eigenvalue weighted by Crippen LogP contribution is -2.40. The van der Waals surface area contributed by atoms with E-state index < -0.39 is 12.0 Å². The number of aliphatic carboxylic acids is 1. The Balaban J connectivity index is 2.63. The van der Waals surface area contributed by atoms with Crippen LogP contribution in [0.2, 0.25) is 0 Å². The van der Waals surface area contributed by atoms with Gasteiger partial charge < -0.3 is 15.2 Å². The van der Waals surface area contributed by atoms with Crippen molar-refractivity contribution in [1.29, 1.82) is 0 Å². The van der Waals surface area contributed by atoms with Crippen LogP contribution in [0.4, 0.5) is 0 Å². The number of ether oxygens (including phenoxy) is 1. The lowest BCUT2D eigenvalue weighted by molar-refractivity contribution is -0.139. The number of carboxylic acid groups (broad SMARTS) is 1. The summed E-state index contributed by atoms with van der Waals surface area (Å²) < 4.78 is 5.53. The van der Waals surface area contributed by atoms with Crippen molar-refractivity contribution >= 4 is 11.9 Å². The van der Waals surface area contributed by atoms with Crippen LogP contribution in [0.5, 0.6) is 5.75 Å². The van der Waals surface area contributed by atoms with E-state index in [0.717, 1.165) is 0 Å². The minimum atomic E-state index is -1.01. The molecule has 0 fully saturated rings. The van der Waals surface area contributed by atoms with E-state index in [4.69, 9.17) is 9.84 Å². The predicted molar refractivity (Wildman–Crippen MR) is 80.6 cm³/mol. The van der Waals surface area contributed by atoms with Crippen molar-refractivity contribution in [2.75, 3.05) is 6.61 Å². The number of hydrogen-bond donors (Lipinski definition) is 2. The number of carbonyl (C=O) groups is 2. The molecule has 0 unspecified atom stereocenters. The molecule has 116 valence electrons. The fourth-order valence-electron chi connectivity index (χ4n) is 1.75. The van der Waals surface area contributed by atoms with Gasteiger partial charge in [-0.05, 0) is 36.6 Å². The zero-order valence-corrected chi connectivity index (χ0v) is 12.8. The van der Waals surface area contributed by atoms with Gasteiger partial charge in [-0.15, -0.1) is 0 Å². The van der Waals surface area contributed by atoms with E-state index in [-0.39, 0.29) is 5.91 Å². The Kier molecular flexibility index (Phi) is 6.72. The monoisotopic (exact) mass is 293 g/mol. The van der Waals surface area contributed by atoms with Crippen molar-refractivity contribution in [3.63, 3.8) is 0 Å². The first-order chi connectivity index (χ1) is 9.93. The molecule has 0 radical (unpaired) electrons. The third-order valence-corrected chi connectivity index (χ3v) is 2.88. The molecule has 5 heteroatoms. The van der Waals surface area contributed by atoms with E-state index in [1.165, 1.54) is 0 Å². The standard InChI is InChI=1S/C16H23NO4/c1-4-5-14(16(19)20)17-15(18)12-6-8-13(9-7-12)21-10-11(2)3/h6-9,11,14H,4-5,10H2,1-3H3,(H,17,18)(H,19,20)/t14-/m1/s1. The fourth-order valence-corrected chi connectivity index (χ4v) is 1.75. The van der Waals surface area contributed by atoms with E-state index in [0.29, 0.717) is 36.7 Å². The number of carbonyl (C=O) groups excluding carboxylic acids is 1. The molecule has 0 saturated carbocycles. The number of rotatable bonds is 8. The average Bonchev–Trinajstić information content (AvgIpc) is 2.45. The van der Waals surface area contributed by atoms with Crippen molar-refractivity contribution in [3.8, 4) is 5.75 Å². The van der Waals surface area contributed by atoms with E-state index >= 15 is 0 Å². The highest BCUT2D eigenvalue weighted by atomic mass is 16.5. The molecule has 0 aliphatic carbocycles. The Bertz CT molecular complexity index is 468. The maximum Gasteiger partial charge on any atom is 0.326 e. The summed E-state index contributed by atoms with van der Waals surface area (Å²) in [5, 5.41) is 11.6. The molecular formula is C16H23NO4. The average molecular weight is 293 g/mol. The zero-order valence-electron chi connectivity index (χ0n) is 12.8. The third kappa shape index (κ3) is 5.85. The molecular weight excluding hydrogens is 270 g/mol. The Morgan fingerprint density at radius 3 is 2.33 bits per heavy atom. The summed E-state index contributed by atoms with van der Waals surface area (Å²) in [5.41, 5.74) is 0.425. The second-order valence-electron chi connectivity index (χ2n) is 5.38. The Morgan fingerprint density at radius 1 is 1.24 bits per heavy atom. The maximum atomic E-state index is 12.0. The van der Waals surface area contributed by atoms with Gasteiger partial charge in [0.25, 0.3) is 5.91 Å². The van der Waals surface area contributed by atoms with Gasteiger partial charge in [0.05, 0.1) is 6.61 Å². The van der Waals surface area contributed by atoms with Gasteiger partial charge in [-0.25, -0.2) is 4.79 Å². The van der Waals surface area contributed by atoms with Crippen molar-refractivity contribution in [2.24, 2.45) is 5.92 Å². The minimum Gasteiger partial charge on any atom is -0.493 e. The second kappa shape index (κ2) is 8.29. The zero-order chi connectivity index (χ0) is 15.8. The maximum absolute atomic E-state index is 12.0. The van der Waals surface area contributed by atoms with E-state index in [2.05, 4.69) is 19.2 Å². The summed E-state index contributed by atoms with van der Waals surface area (Å²) >= 11 is 0. The molecule has 0 bridgehead atoms.